The Morgan fingerprint density at radius 1 is 0.767 bits per heavy atom. The van der Waals surface area contributed by atoms with Gasteiger partial charge in [0.25, 0.3) is 5.91 Å². The molecule has 164 valence electrons. The molecule has 1 amide bonds. The maximum atomic E-state index is 14.6. The van der Waals surface area contributed by atoms with Crippen LogP contribution in [0.3, 0.4) is 0 Å². The lowest BCUT2D eigenvalue weighted by atomic mass is 9.85. The van der Waals surface area contributed by atoms with Crippen molar-refractivity contribution < 1.29 is 44.3 Å². The molecule has 0 saturated heterocycles. The first kappa shape index (κ1) is 23.6. The number of hydrogen-bond acceptors (Lipinski definition) is 1. The van der Waals surface area contributed by atoms with Gasteiger partial charge in [-0.3, -0.25) is 4.79 Å². The van der Waals surface area contributed by atoms with Gasteiger partial charge in [0, 0.05) is 16.8 Å². The fraction of sp³-hybridized carbons (Fsp3) is 0.316. The molecule has 0 bridgehead atoms. The minimum atomic E-state index is -6.81. The van der Waals surface area contributed by atoms with Crippen LogP contribution in [-0.4, -0.2) is 24.2 Å². The molecule has 0 saturated carbocycles. The zero-order valence-corrected chi connectivity index (χ0v) is 15.4. The molecule has 0 aliphatic carbocycles. The number of hydrogen-bond donors (Lipinski definition) is 1. The number of benzene rings is 2. The largest absolute Gasteiger partial charge is 0.457 e. The van der Waals surface area contributed by atoms with Crippen LogP contribution in [0.15, 0.2) is 42.5 Å². The smallest absolute Gasteiger partial charge is 0.322 e. The lowest BCUT2D eigenvalue weighted by Gasteiger charge is -2.36. The highest BCUT2D eigenvalue weighted by atomic mass is 19.4. The molecular weight excluding hydrogens is 429 g/mol. The molecule has 11 heteroatoms. The lowest BCUT2D eigenvalue weighted by molar-refractivity contribution is -0.389. The second kappa shape index (κ2) is 7.51. The molecule has 0 fully saturated rings. The molecule has 2 nitrogen and oxygen atoms in total. The second-order valence-electron chi connectivity index (χ2n) is 6.53. The molecule has 2 aromatic carbocycles. The number of nitrogens with one attached hydrogen (secondary N) is 1. The van der Waals surface area contributed by atoms with E-state index < -0.39 is 35.4 Å². The molecule has 0 aromatic heterocycles. The topological polar surface area (TPSA) is 29.1 Å². The van der Waals surface area contributed by atoms with E-state index in [4.69, 9.17) is 0 Å². The van der Waals surface area contributed by atoms with E-state index in [1.807, 2.05) is 0 Å². The molecule has 0 heterocycles. The van der Waals surface area contributed by atoms with Crippen molar-refractivity contribution in [3.63, 3.8) is 0 Å². The average molecular weight is 443 g/mol. The lowest BCUT2D eigenvalue weighted by Crippen LogP contribution is -2.59. The van der Waals surface area contributed by atoms with Gasteiger partial charge in [0.2, 0.25) is 0 Å². The van der Waals surface area contributed by atoms with Crippen molar-refractivity contribution in [1.82, 2.24) is 0 Å². The summed E-state index contributed by atoms with van der Waals surface area (Å²) in [6.07, 6.45) is -13.4. The molecule has 0 aliphatic rings. The van der Waals surface area contributed by atoms with Crippen molar-refractivity contribution in [1.29, 1.82) is 0 Å². The van der Waals surface area contributed by atoms with Crippen LogP contribution < -0.4 is 5.32 Å². The minimum absolute atomic E-state index is 0.146. The van der Waals surface area contributed by atoms with E-state index in [0.717, 1.165) is 13.8 Å². The van der Waals surface area contributed by atoms with E-state index in [1.54, 1.807) is 6.07 Å². The Balaban J connectivity index is 2.58. The predicted molar refractivity (Wildman–Crippen MR) is 90.2 cm³/mol. The van der Waals surface area contributed by atoms with Gasteiger partial charge < -0.3 is 5.32 Å². The van der Waals surface area contributed by atoms with Crippen LogP contribution in [0, 0.1) is 13.8 Å². The maximum absolute atomic E-state index is 14.6. The highest BCUT2D eigenvalue weighted by molar-refractivity contribution is 6.05. The summed E-state index contributed by atoms with van der Waals surface area (Å²) in [6.45, 7) is 2.08. The standard InChI is InChI=1S/C19H14F9NO/c1-10-8-13(16(20,18(23,24)25)17(21,22)19(26,27)28)9-11(2)14(10)29-15(30)12-6-4-3-5-7-12/h3-9H,1-2H3,(H,29,30). The van der Waals surface area contributed by atoms with Crippen molar-refractivity contribution in [3.8, 4) is 0 Å². The molecule has 1 atom stereocenters. The van der Waals surface area contributed by atoms with E-state index in [1.165, 1.54) is 24.3 Å². The van der Waals surface area contributed by atoms with Gasteiger partial charge in [-0.1, -0.05) is 30.3 Å². The quantitative estimate of drug-likeness (QED) is 0.539. The van der Waals surface area contributed by atoms with Gasteiger partial charge in [0.1, 0.15) is 0 Å². The first-order valence-electron chi connectivity index (χ1n) is 8.22. The van der Waals surface area contributed by atoms with E-state index in [-0.39, 0.29) is 34.5 Å². The predicted octanol–water partition coefficient (Wildman–Crippen LogP) is 6.48. The summed E-state index contributed by atoms with van der Waals surface area (Å²) in [5.41, 5.74) is -8.62. The summed E-state index contributed by atoms with van der Waals surface area (Å²) < 4.78 is 119. The number of amides is 1. The van der Waals surface area contributed by atoms with Crippen molar-refractivity contribution in [3.05, 3.63) is 64.7 Å². The van der Waals surface area contributed by atoms with Crippen molar-refractivity contribution >= 4 is 11.6 Å². The van der Waals surface area contributed by atoms with Crippen molar-refractivity contribution in [2.24, 2.45) is 0 Å². The van der Waals surface area contributed by atoms with Crippen LogP contribution in [-0.2, 0) is 5.67 Å². The normalized spacial score (nSPS) is 14.9. The molecular formula is C19H14F9NO. The van der Waals surface area contributed by atoms with Gasteiger partial charge in [0.15, 0.2) is 0 Å². The molecule has 0 aliphatic heterocycles. The van der Waals surface area contributed by atoms with E-state index >= 15 is 0 Å². The summed E-state index contributed by atoms with van der Waals surface area (Å²) in [5.74, 6) is -7.47. The highest BCUT2D eigenvalue weighted by Crippen LogP contribution is 2.58. The fourth-order valence-corrected chi connectivity index (χ4v) is 2.85. The van der Waals surface area contributed by atoms with Gasteiger partial charge in [-0.25, -0.2) is 4.39 Å². The number of anilines is 1. The molecule has 30 heavy (non-hydrogen) atoms. The molecule has 2 aromatic rings. The van der Waals surface area contributed by atoms with Crippen molar-refractivity contribution in [2.75, 3.05) is 5.32 Å². The number of aryl methyl sites for hydroxylation is 2. The Bertz CT molecular complexity index is 912. The Morgan fingerprint density at radius 2 is 1.23 bits per heavy atom. The summed E-state index contributed by atoms with van der Waals surface area (Å²) in [4.78, 5) is 12.2. The third-order valence-corrected chi connectivity index (χ3v) is 4.38. The van der Waals surface area contributed by atoms with Gasteiger partial charge in [-0.15, -0.1) is 0 Å². The molecule has 1 unspecified atom stereocenters. The van der Waals surface area contributed by atoms with E-state index in [9.17, 15) is 44.3 Å². The van der Waals surface area contributed by atoms with Crippen LogP contribution in [0.2, 0.25) is 0 Å². The SMILES string of the molecule is Cc1cc(C(F)(C(F)(F)F)C(F)(F)C(F)(F)F)cc(C)c1NC(=O)c1ccccc1. The van der Waals surface area contributed by atoms with Crippen LogP contribution in [0.1, 0.15) is 27.0 Å². The zero-order valence-electron chi connectivity index (χ0n) is 15.4. The van der Waals surface area contributed by atoms with Crippen LogP contribution in [0.25, 0.3) is 0 Å². The van der Waals surface area contributed by atoms with E-state index in [2.05, 4.69) is 5.32 Å². The van der Waals surface area contributed by atoms with Gasteiger partial charge >= 0.3 is 23.9 Å². The minimum Gasteiger partial charge on any atom is -0.322 e. The molecule has 1 N–H and O–H groups in total. The summed E-state index contributed by atoms with van der Waals surface area (Å²) >= 11 is 0. The monoisotopic (exact) mass is 443 g/mol. The molecule has 2 rings (SSSR count). The Morgan fingerprint density at radius 3 is 1.63 bits per heavy atom. The van der Waals surface area contributed by atoms with Crippen LogP contribution in [0.5, 0.6) is 0 Å². The van der Waals surface area contributed by atoms with Gasteiger partial charge in [-0.2, -0.15) is 35.1 Å². The van der Waals surface area contributed by atoms with Gasteiger partial charge in [0.05, 0.1) is 0 Å². The Kier molecular flexibility index (Phi) is 5.90. The first-order valence-corrected chi connectivity index (χ1v) is 8.22. The number of carbonyl (C=O) groups excluding carboxylic acids is 1. The molecule has 0 radical (unpaired) electrons. The summed E-state index contributed by atoms with van der Waals surface area (Å²) in [7, 11) is 0. The third kappa shape index (κ3) is 3.84. The average Bonchev–Trinajstić information content (AvgIpc) is 2.62. The number of halogens is 9. The van der Waals surface area contributed by atoms with E-state index in [0.29, 0.717) is 0 Å². The first-order chi connectivity index (χ1) is 13.5. The summed E-state index contributed by atoms with van der Waals surface area (Å²) in [6, 6.07) is 7.90. The zero-order chi connectivity index (χ0) is 23.1. The van der Waals surface area contributed by atoms with Crippen molar-refractivity contribution in [2.45, 2.75) is 37.8 Å². The van der Waals surface area contributed by atoms with Crippen LogP contribution in [0.4, 0.5) is 45.2 Å². The summed E-state index contributed by atoms with van der Waals surface area (Å²) in [5, 5.41) is 2.33. The maximum Gasteiger partial charge on any atom is 0.457 e. The van der Waals surface area contributed by atoms with Gasteiger partial charge in [-0.05, 0) is 37.1 Å². The Hall–Kier alpha value is -2.72. The fourth-order valence-electron chi connectivity index (χ4n) is 2.85. The third-order valence-electron chi connectivity index (χ3n) is 4.38. The van der Waals surface area contributed by atoms with Crippen LogP contribution >= 0.6 is 0 Å². The number of rotatable bonds is 4. The number of alkyl halides is 9. The second-order valence-corrected chi connectivity index (χ2v) is 6.53. The number of carbonyl (C=O) groups is 1. The Labute approximate surface area is 164 Å². The molecule has 0 spiro atoms. The highest BCUT2D eigenvalue weighted by Gasteiger charge is 2.81.